The summed E-state index contributed by atoms with van der Waals surface area (Å²) in [6.45, 7) is 3.76. The standard InChI is InChI=1S/C24H27F3N2O/c1-16-13-23(15-29(2)14-16,18-6-4-3-5-7-18)28-22(30)20-11-10-19(24(25,26)27)12-21(20)17-8-9-17/h3-7,10-12,16-17H,8-9,13-15H2,1-2H3,(H,28,30)/t16-,23+/m0/s1. The summed E-state index contributed by atoms with van der Waals surface area (Å²) in [5.41, 5.74) is 0.639. The van der Waals surface area contributed by atoms with E-state index in [1.165, 1.54) is 6.07 Å². The summed E-state index contributed by atoms with van der Waals surface area (Å²) in [5, 5.41) is 3.25. The second-order valence-electron chi connectivity index (χ2n) is 8.98. The smallest absolute Gasteiger partial charge is 0.341 e. The van der Waals surface area contributed by atoms with Crippen molar-refractivity contribution in [2.75, 3.05) is 20.1 Å². The number of carbonyl (C=O) groups excluding carboxylic acids is 1. The van der Waals surface area contributed by atoms with Crippen LogP contribution in [0, 0.1) is 5.92 Å². The van der Waals surface area contributed by atoms with Crippen LogP contribution in [0.5, 0.6) is 0 Å². The van der Waals surface area contributed by atoms with Crippen molar-refractivity contribution in [2.45, 2.75) is 43.8 Å². The van der Waals surface area contributed by atoms with E-state index < -0.39 is 17.3 Å². The largest absolute Gasteiger partial charge is 0.416 e. The third-order valence-electron chi connectivity index (χ3n) is 6.18. The van der Waals surface area contributed by atoms with Crippen molar-refractivity contribution in [3.05, 3.63) is 70.8 Å². The second-order valence-corrected chi connectivity index (χ2v) is 8.98. The van der Waals surface area contributed by atoms with Crippen molar-refractivity contribution < 1.29 is 18.0 Å². The van der Waals surface area contributed by atoms with E-state index in [4.69, 9.17) is 0 Å². The summed E-state index contributed by atoms with van der Waals surface area (Å²) in [5.74, 6) is 0.116. The number of alkyl halides is 3. The maximum Gasteiger partial charge on any atom is 0.416 e. The van der Waals surface area contributed by atoms with Gasteiger partial charge in [0, 0.05) is 18.7 Å². The third kappa shape index (κ3) is 4.24. The molecule has 4 rings (SSSR count). The average Bonchev–Trinajstić information content (AvgIpc) is 3.52. The number of likely N-dealkylation sites (N-methyl/N-ethyl adjacent to an activating group) is 1. The highest BCUT2D eigenvalue weighted by atomic mass is 19.4. The first-order valence-corrected chi connectivity index (χ1v) is 10.5. The van der Waals surface area contributed by atoms with E-state index in [-0.39, 0.29) is 11.8 Å². The molecule has 0 spiro atoms. The van der Waals surface area contributed by atoms with Crippen LogP contribution >= 0.6 is 0 Å². The van der Waals surface area contributed by atoms with E-state index in [1.807, 2.05) is 37.4 Å². The van der Waals surface area contributed by atoms with Gasteiger partial charge < -0.3 is 10.2 Å². The fourth-order valence-corrected chi connectivity index (χ4v) is 4.87. The Hall–Kier alpha value is -2.34. The molecule has 2 atom stereocenters. The molecule has 0 unspecified atom stereocenters. The minimum Gasteiger partial charge on any atom is -0.341 e. The number of rotatable bonds is 4. The van der Waals surface area contributed by atoms with Crippen LogP contribution in [0.2, 0.25) is 0 Å². The van der Waals surface area contributed by atoms with Crippen LogP contribution in [0.25, 0.3) is 0 Å². The maximum atomic E-state index is 13.4. The Labute approximate surface area is 175 Å². The number of piperidine rings is 1. The summed E-state index contributed by atoms with van der Waals surface area (Å²) in [6, 6.07) is 13.4. The molecule has 1 N–H and O–H groups in total. The van der Waals surface area contributed by atoms with Crippen molar-refractivity contribution in [2.24, 2.45) is 5.92 Å². The van der Waals surface area contributed by atoms with Crippen LogP contribution in [-0.4, -0.2) is 30.9 Å². The first kappa shape index (κ1) is 20.9. The lowest BCUT2D eigenvalue weighted by Crippen LogP contribution is -2.57. The molecule has 1 saturated heterocycles. The number of hydrogen-bond acceptors (Lipinski definition) is 2. The molecule has 6 heteroatoms. The molecule has 0 radical (unpaired) electrons. The molecule has 160 valence electrons. The molecule has 1 aliphatic carbocycles. The van der Waals surface area contributed by atoms with Gasteiger partial charge in [0.1, 0.15) is 0 Å². The Morgan fingerprint density at radius 3 is 2.43 bits per heavy atom. The highest BCUT2D eigenvalue weighted by molar-refractivity contribution is 5.96. The van der Waals surface area contributed by atoms with Crippen molar-refractivity contribution in [3.63, 3.8) is 0 Å². The molecule has 2 aromatic carbocycles. The minimum absolute atomic E-state index is 0.0358. The van der Waals surface area contributed by atoms with Gasteiger partial charge in [-0.25, -0.2) is 0 Å². The Balaban J connectivity index is 1.70. The maximum absolute atomic E-state index is 13.4. The molecule has 30 heavy (non-hydrogen) atoms. The second kappa shape index (κ2) is 7.73. The van der Waals surface area contributed by atoms with Gasteiger partial charge in [-0.2, -0.15) is 13.2 Å². The minimum atomic E-state index is -4.41. The summed E-state index contributed by atoms with van der Waals surface area (Å²) < 4.78 is 39.7. The summed E-state index contributed by atoms with van der Waals surface area (Å²) >= 11 is 0. The predicted molar refractivity (Wildman–Crippen MR) is 110 cm³/mol. The van der Waals surface area contributed by atoms with Crippen LogP contribution in [-0.2, 0) is 11.7 Å². The van der Waals surface area contributed by atoms with E-state index in [9.17, 15) is 18.0 Å². The van der Waals surface area contributed by atoms with Crippen LogP contribution in [0.4, 0.5) is 13.2 Å². The molecule has 2 aromatic rings. The van der Waals surface area contributed by atoms with Crippen LogP contribution < -0.4 is 5.32 Å². The van der Waals surface area contributed by atoms with Gasteiger partial charge in [-0.1, -0.05) is 37.3 Å². The zero-order valence-electron chi connectivity index (χ0n) is 17.3. The summed E-state index contributed by atoms with van der Waals surface area (Å²) in [4.78, 5) is 15.6. The lowest BCUT2D eigenvalue weighted by atomic mass is 9.78. The van der Waals surface area contributed by atoms with E-state index >= 15 is 0 Å². The first-order valence-electron chi connectivity index (χ1n) is 10.5. The number of halogens is 3. The number of nitrogens with one attached hydrogen (secondary N) is 1. The Kier molecular flexibility index (Phi) is 5.39. The molecule has 2 aliphatic rings. The van der Waals surface area contributed by atoms with Gasteiger partial charge in [0.2, 0.25) is 0 Å². The quantitative estimate of drug-likeness (QED) is 0.745. The highest BCUT2D eigenvalue weighted by Gasteiger charge is 2.41. The molecule has 1 amide bonds. The molecule has 0 bridgehead atoms. The molecule has 1 heterocycles. The van der Waals surface area contributed by atoms with Crippen LogP contribution in [0.3, 0.4) is 0 Å². The summed E-state index contributed by atoms with van der Waals surface area (Å²) in [6.07, 6.45) is -1.98. The fourth-order valence-electron chi connectivity index (χ4n) is 4.87. The van der Waals surface area contributed by atoms with Gasteiger partial charge in [0.25, 0.3) is 5.91 Å². The van der Waals surface area contributed by atoms with Crippen molar-refractivity contribution in [3.8, 4) is 0 Å². The Morgan fingerprint density at radius 2 is 1.83 bits per heavy atom. The number of hydrogen-bond donors (Lipinski definition) is 1. The average molecular weight is 416 g/mol. The van der Waals surface area contributed by atoms with Crippen molar-refractivity contribution >= 4 is 5.91 Å². The lowest BCUT2D eigenvalue weighted by Gasteiger charge is -2.45. The highest BCUT2D eigenvalue weighted by Crippen LogP contribution is 2.44. The van der Waals surface area contributed by atoms with Gasteiger partial charge >= 0.3 is 6.18 Å². The van der Waals surface area contributed by atoms with Crippen molar-refractivity contribution in [1.82, 2.24) is 10.2 Å². The number of benzene rings is 2. The van der Waals surface area contributed by atoms with E-state index in [0.29, 0.717) is 23.6 Å². The summed E-state index contributed by atoms with van der Waals surface area (Å²) in [7, 11) is 2.03. The number of nitrogens with zero attached hydrogens (tertiary/aromatic N) is 1. The van der Waals surface area contributed by atoms with Gasteiger partial charge in [-0.05, 0) is 67.5 Å². The van der Waals surface area contributed by atoms with Gasteiger partial charge in [0.15, 0.2) is 0 Å². The van der Waals surface area contributed by atoms with Crippen LogP contribution in [0.15, 0.2) is 48.5 Å². The molecule has 3 nitrogen and oxygen atoms in total. The van der Waals surface area contributed by atoms with Crippen molar-refractivity contribution in [1.29, 1.82) is 0 Å². The molecule has 2 fully saturated rings. The Bertz CT molecular complexity index is 912. The Morgan fingerprint density at radius 1 is 1.13 bits per heavy atom. The monoisotopic (exact) mass is 416 g/mol. The SMILES string of the molecule is C[C@@H]1CN(C)C[C@@](NC(=O)c2ccc(C(F)(F)F)cc2C2CC2)(c2ccccc2)C1. The zero-order valence-corrected chi connectivity index (χ0v) is 17.3. The number of amides is 1. The zero-order chi connectivity index (χ0) is 21.5. The van der Waals surface area contributed by atoms with Gasteiger partial charge in [-0.15, -0.1) is 0 Å². The topological polar surface area (TPSA) is 32.3 Å². The van der Waals surface area contributed by atoms with Gasteiger partial charge in [0.05, 0.1) is 11.1 Å². The lowest BCUT2D eigenvalue weighted by molar-refractivity contribution is -0.137. The van der Waals surface area contributed by atoms with Crippen LogP contribution in [0.1, 0.15) is 59.2 Å². The number of carbonyl (C=O) groups is 1. The predicted octanol–water partition coefficient (Wildman–Crippen LogP) is 5.18. The molecular formula is C24H27F3N2O. The van der Waals surface area contributed by atoms with Gasteiger partial charge in [-0.3, -0.25) is 4.79 Å². The van der Waals surface area contributed by atoms with E-state index in [0.717, 1.165) is 43.5 Å². The molecule has 1 aliphatic heterocycles. The fraction of sp³-hybridized carbons (Fsp3) is 0.458. The number of likely N-dealkylation sites (tertiary alicyclic amines) is 1. The molecule has 0 aromatic heterocycles. The van der Waals surface area contributed by atoms with E-state index in [1.54, 1.807) is 0 Å². The van der Waals surface area contributed by atoms with E-state index in [2.05, 4.69) is 17.1 Å². The molecular weight excluding hydrogens is 389 g/mol. The first-order chi connectivity index (χ1) is 14.2. The molecule has 1 saturated carbocycles. The third-order valence-corrected chi connectivity index (χ3v) is 6.18. The normalized spacial score (nSPS) is 25.2.